The second-order valence-electron chi connectivity index (χ2n) is 2.23. The lowest BCUT2D eigenvalue weighted by Gasteiger charge is -1.96. The molecule has 0 heterocycles. The van der Waals surface area contributed by atoms with Gasteiger partial charge in [-0.3, -0.25) is 0 Å². The highest BCUT2D eigenvalue weighted by Crippen LogP contribution is 2.10. The summed E-state index contributed by atoms with van der Waals surface area (Å²) in [4.78, 5) is 0. The van der Waals surface area contributed by atoms with Gasteiger partial charge in [-0.25, -0.2) is 4.21 Å². The largest absolute Gasteiger partial charge is 0.246 e. The van der Waals surface area contributed by atoms with Gasteiger partial charge in [-0.05, 0) is 22.9 Å². The Morgan fingerprint density at radius 3 is 2.50 bits per heavy atom. The van der Waals surface area contributed by atoms with Crippen LogP contribution in [0.3, 0.4) is 0 Å². The summed E-state index contributed by atoms with van der Waals surface area (Å²) < 4.78 is 10.9. The number of halogens is 1. The predicted molar refractivity (Wildman–Crippen MR) is 52.1 cm³/mol. The van der Waals surface area contributed by atoms with Crippen molar-refractivity contribution in [2.45, 2.75) is 5.75 Å². The van der Waals surface area contributed by atoms with Gasteiger partial charge in [-0.1, -0.05) is 23.7 Å². The zero-order valence-electron chi connectivity index (χ0n) is 6.29. The van der Waals surface area contributed by atoms with Crippen LogP contribution in [0.25, 0.3) is 0 Å². The second kappa shape index (κ2) is 4.30. The van der Waals surface area contributed by atoms with E-state index in [2.05, 4.69) is 5.25 Å². The molecule has 0 radical (unpaired) electrons. The van der Waals surface area contributed by atoms with Gasteiger partial charge < -0.3 is 0 Å². The van der Waals surface area contributed by atoms with Crippen molar-refractivity contribution in [2.75, 3.05) is 0 Å². The molecule has 0 spiro atoms. The van der Waals surface area contributed by atoms with Crippen LogP contribution >= 0.6 is 11.6 Å². The van der Waals surface area contributed by atoms with E-state index in [-0.39, 0.29) is 0 Å². The molecule has 62 valence electrons. The summed E-state index contributed by atoms with van der Waals surface area (Å²) in [5.41, 5.74) is 0.940. The number of terminal acetylenes is 1. The lowest BCUT2D eigenvalue weighted by atomic mass is 10.2. The molecular weight excluding hydrogens is 192 g/mol. The fraction of sp³-hybridized carbons (Fsp3) is 0.111. The van der Waals surface area contributed by atoms with E-state index >= 15 is 0 Å². The van der Waals surface area contributed by atoms with E-state index < -0.39 is 10.8 Å². The van der Waals surface area contributed by atoms with Crippen molar-refractivity contribution in [1.29, 1.82) is 0 Å². The minimum atomic E-state index is -1.20. The molecular formula is C9H7ClOS. The van der Waals surface area contributed by atoms with Crippen molar-refractivity contribution in [1.82, 2.24) is 0 Å². The molecule has 1 aromatic carbocycles. The fourth-order valence-electron chi connectivity index (χ4n) is 0.774. The maximum atomic E-state index is 10.9. The van der Waals surface area contributed by atoms with Crippen molar-refractivity contribution in [3.63, 3.8) is 0 Å². The van der Waals surface area contributed by atoms with Crippen LogP contribution in [0.4, 0.5) is 0 Å². The molecule has 1 nitrogen and oxygen atoms in total. The molecule has 0 saturated carbocycles. The highest BCUT2D eigenvalue weighted by atomic mass is 35.5. The summed E-state index contributed by atoms with van der Waals surface area (Å²) >= 11 is 5.67. The van der Waals surface area contributed by atoms with E-state index in [0.717, 1.165) is 5.56 Å². The van der Waals surface area contributed by atoms with Crippen molar-refractivity contribution in [2.24, 2.45) is 0 Å². The van der Waals surface area contributed by atoms with E-state index in [1.165, 1.54) is 0 Å². The minimum absolute atomic E-state index is 0.396. The van der Waals surface area contributed by atoms with Crippen LogP contribution in [-0.4, -0.2) is 4.21 Å². The smallest absolute Gasteiger partial charge is 0.102 e. The summed E-state index contributed by atoms with van der Waals surface area (Å²) in [7, 11) is -1.20. The van der Waals surface area contributed by atoms with Crippen LogP contribution in [0.5, 0.6) is 0 Å². The predicted octanol–water partition coefficient (Wildman–Crippen LogP) is 2.18. The first-order valence-corrected chi connectivity index (χ1v) is 5.01. The maximum absolute atomic E-state index is 10.9. The molecule has 0 bridgehead atoms. The average Bonchev–Trinajstić information content (AvgIpc) is 2.09. The number of hydrogen-bond acceptors (Lipinski definition) is 1. The molecule has 1 unspecified atom stereocenters. The molecule has 0 saturated heterocycles. The lowest BCUT2D eigenvalue weighted by Crippen LogP contribution is -1.90. The summed E-state index contributed by atoms with van der Waals surface area (Å²) in [6, 6.07) is 7.14. The van der Waals surface area contributed by atoms with Gasteiger partial charge in [0.1, 0.15) is 10.8 Å². The van der Waals surface area contributed by atoms with Gasteiger partial charge in [-0.2, -0.15) is 0 Å². The van der Waals surface area contributed by atoms with E-state index in [1.807, 2.05) is 12.1 Å². The van der Waals surface area contributed by atoms with Crippen LogP contribution in [0.15, 0.2) is 24.3 Å². The van der Waals surface area contributed by atoms with Crippen molar-refractivity contribution >= 4 is 22.4 Å². The highest BCUT2D eigenvalue weighted by Gasteiger charge is 1.96. The molecule has 0 aliphatic heterocycles. The van der Waals surface area contributed by atoms with E-state index in [0.29, 0.717) is 10.8 Å². The summed E-state index contributed by atoms with van der Waals surface area (Å²) in [5.74, 6) is 0.396. The average molecular weight is 199 g/mol. The van der Waals surface area contributed by atoms with Gasteiger partial charge in [0.15, 0.2) is 0 Å². The third kappa shape index (κ3) is 2.69. The standard InChI is InChI=1S/C9H7ClOS/c1-2-12(11)7-8-3-5-9(10)6-4-8/h1,3-6H,7H2. The van der Waals surface area contributed by atoms with Crippen LogP contribution in [-0.2, 0) is 16.6 Å². The van der Waals surface area contributed by atoms with Gasteiger partial charge in [0, 0.05) is 5.02 Å². The molecule has 0 aliphatic rings. The van der Waals surface area contributed by atoms with Gasteiger partial charge >= 0.3 is 0 Å². The van der Waals surface area contributed by atoms with Gasteiger partial charge in [-0.15, -0.1) is 6.42 Å². The van der Waals surface area contributed by atoms with Gasteiger partial charge in [0.05, 0.1) is 5.75 Å². The summed E-state index contributed by atoms with van der Waals surface area (Å²) in [6.45, 7) is 0. The van der Waals surface area contributed by atoms with Crippen LogP contribution in [0.2, 0.25) is 5.02 Å². The number of hydrogen-bond donors (Lipinski definition) is 0. The Labute approximate surface area is 79.2 Å². The fourth-order valence-corrected chi connectivity index (χ4v) is 1.48. The molecule has 1 rings (SSSR count). The molecule has 0 N–H and O–H groups in total. The van der Waals surface area contributed by atoms with Gasteiger partial charge in [0.2, 0.25) is 0 Å². The third-order valence-corrected chi connectivity index (χ3v) is 2.45. The Hall–Kier alpha value is -0.780. The molecule has 0 fully saturated rings. The topological polar surface area (TPSA) is 17.1 Å². The Morgan fingerprint density at radius 2 is 2.00 bits per heavy atom. The zero-order valence-corrected chi connectivity index (χ0v) is 7.86. The van der Waals surface area contributed by atoms with Crippen molar-refractivity contribution in [3.05, 3.63) is 34.9 Å². The molecule has 0 aliphatic carbocycles. The third-order valence-electron chi connectivity index (χ3n) is 1.34. The second-order valence-corrected chi connectivity index (χ2v) is 3.89. The van der Waals surface area contributed by atoms with Crippen LogP contribution < -0.4 is 0 Å². The molecule has 1 aromatic rings. The Balaban J connectivity index is 2.73. The number of benzene rings is 1. The molecule has 12 heavy (non-hydrogen) atoms. The summed E-state index contributed by atoms with van der Waals surface area (Å²) in [6.07, 6.45) is 4.97. The van der Waals surface area contributed by atoms with Crippen molar-refractivity contribution in [3.8, 4) is 11.7 Å². The minimum Gasteiger partial charge on any atom is -0.246 e. The first-order valence-electron chi connectivity index (χ1n) is 3.31. The molecule has 0 aromatic heterocycles. The SMILES string of the molecule is C#CS(=O)Cc1ccc(Cl)cc1. The Bertz CT molecular complexity index is 323. The van der Waals surface area contributed by atoms with E-state index in [4.69, 9.17) is 18.0 Å². The number of rotatable bonds is 2. The normalized spacial score (nSPS) is 12.0. The maximum Gasteiger partial charge on any atom is 0.102 e. The first kappa shape index (κ1) is 9.31. The quantitative estimate of drug-likeness (QED) is 0.666. The van der Waals surface area contributed by atoms with E-state index in [9.17, 15) is 4.21 Å². The van der Waals surface area contributed by atoms with Crippen LogP contribution in [0, 0.1) is 11.7 Å². The van der Waals surface area contributed by atoms with Crippen molar-refractivity contribution < 1.29 is 4.21 Å². The highest BCUT2D eigenvalue weighted by molar-refractivity contribution is 7.89. The monoisotopic (exact) mass is 198 g/mol. The lowest BCUT2D eigenvalue weighted by molar-refractivity contribution is 0.689. The molecule has 1 atom stereocenters. The van der Waals surface area contributed by atoms with E-state index in [1.54, 1.807) is 12.1 Å². The van der Waals surface area contributed by atoms with Crippen LogP contribution in [0.1, 0.15) is 5.56 Å². The molecule has 3 heteroatoms. The van der Waals surface area contributed by atoms with Gasteiger partial charge in [0.25, 0.3) is 0 Å². The summed E-state index contributed by atoms with van der Waals surface area (Å²) in [5, 5.41) is 2.84. The zero-order chi connectivity index (χ0) is 8.97. The molecule has 0 amide bonds. The Kier molecular flexibility index (Phi) is 3.33. The Morgan fingerprint density at radius 1 is 1.42 bits per heavy atom. The first-order chi connectivity index (χ1) is 5.72.